The van der Waals surface area contributed by atoms with Crippen LogP contribution in [-0.2, 0) is 6.54 Å². The van der Waals surface area contributed by atoms with Gasteiger partial charge >= 0.3 is 0 Å². The highest BCUT2D eigenvalue weighted by molar-refractivity contribution is 7.22. The van der Waals surface area contributed by atoms with Crippen LogP contribution in [0.2, 0.25) is 0 Å². The summed E-state index contributed by atoms with van der Waals surface area (Å²) in [7, 11) is 0. The number of benzene rings is 1. The Morgan fingerprint density at radius 1 is 1.00 bits per heavy atom. The second kappa shape index (κ2) is 5.75. The molecular weight excluding hydrogens is 298 g/mol. The van der Waals surface area contributed by atoms with Crippen LogP contribution in [0.3, 0.4) is 0 Å². The minimum Gasteiger partial charge on any atom is -0.345 e. The molecule has 108 valence electrons. The van der Waals surface area contributed by atoms with E-state index in [4.69, 9.17) is 4.98 Å². The monoisotopic (exact) mass is 315 g/mol. The van der Waals surface area contributed by atoms with E-state index in [1.165, 1.54) is 14.7 Å². The van der Waals surface area contributed by atoms with Crippen LogP contribution < -0.4 is 4.90 Å². The van der Waals surface area contributed by atoms with E-state index in [0.717, 1.165) is 38.2 Å². The molecule has 1 aliphatic rings. The molecule has 0 N–H and O–H groups in total. The van der Waals surface area contributed by atoms with E-state index in [9.17, 15) is 0 Å². The van der Waals surface area contributed by atoms with Gasteiger partial charge in [-0.3, -0.25) is 4.90 Å². The number of anilines is 1. The summed E-state index contributed by atoms with van der Waals surface area (Å²) in [4.78, 5) is 11.2. The third kappa shape index (κ3) is 2.81. The Kier molecular flexibility index (Phi) is 3.63. The maximum atomic E-state index is 4.77. The van der Waals surface area contributed by atoms with Crippen molar-refractivity contribution in [2.45, 2.75) is 6.54 Å². The Hall–Kier alpha value is -1.43. The molecule has 0 saturated carbocycles. The number of para-hydroxylation sites is 1. The van der Waals surface area contributed by atoms with Gasteiger partial charge in [-0.05, 0) is 23.6 Å². The standard InChI is InChI=1S/C16H17N3S2/c1-2-6-15-14(5-1)17-16(21-15)19-9-7-18(8-10-19)12-13-4-3-11-20-13/h1-6,11H,7-10,12H2. The molecule has 1 aromatic carbocycles. The maximum absolute atomic E-state index is 4.77. The summed E-state index contributed by atoms with van der Waals surface area (Å²) in [5.74, 6) is 0. The van der Waals surface area contributed by atoms with Gasteiger partial charge in [-0.25, -0.2) is 4.98 Å². The Morgan fingerprint density at radius 2 is 1.86 bits per heavy atom. The zero-order valence-corrected chi connectivity index (χ0v) is 13.4. The number of hydrogen-bond acceptors (Lipinski definition) is 5. The van der Waals surface area contributed by atoms with Crippen LogP contribution in [0.1, 0.15) is 4.88 Å². The van der Waals surface area contributed by atoms with Gasteiger partial charge in [0.15, 0.2) is 5.13 Å². The lowest BCUT2D eigenvalue weighted by molar-refractivity contribution is 0.252. The Bertz CT molecular complexity index is 679. The Morgan fingerprint density at radius 3 is 2.62 bits per heavy atom. The predicted octanol–water partition coefficient (Wildman–Crippen LogP) is 3.68. The molecule has 4 rings (SSSR count). The second-order valence-electron chi connectivity index (χ2n) is 5.31. The molecule has 5 heteroatoms. The van der Waals surface area contributed by atoms with Gasteiger partial charge in [0.1, 0.15) is 0 Å². The summed E-state index contributed by atoms with van der Waals surface area (Å²) < 4.78 is 1.29. The number of rotatable bonds is 3. The highest BCUT2D eigenvalue weighted by Gasteiger charge is 2.19. The van der Waals surface area contributed by atoms with E-state index in [-0.39, 0.29) is 0 Å². The van der Waals surface area contributed by atoms with Crippen molar-refractivity contribution in [3.63, 3.8) is 0 Å². The average molecular weight is 315 g/mol. The van der Waals surface area contributed by atoms with Crippen LogP contribution in [0, 0.1) is 0 Å². The third-order valence-electron chi connectivity index (χ3n) is 3.88. The largest absolute Gasteiger partial charge is 0.345 e. The summed E-state index contributed by atoms with van der Waals surface area (Å²) in [6.07, 6.45) is 0. The normalized spacial score (nSPS) is 16.7. The number of thiophene rings is 1. The quantitative estimate of drug-likeness (QED) is 0.735. The van der Waals surface area contributed by atoms with E-state index in [0.29, 0.717) is 0 Å². The van der Waals surface area contributed by atoms with Crippen LogP contribution in [-0.4, -0.2) is 36.1 Å². The molecule has 0 spiro atoms. The van der Waals surface area contributed by atoms with Crippen molar-refractivity contribution < 1.29 is 0 Å². The average Bonchev–Trinajstić information content (AvgIpc) is 3.16. The number of fused-ring (bicyclic) bond motifs is 1. The van der Waals surface area contributed by atoms with Gasteiger partial charge in [0.25, 0.3) is 0 Å². The lowest BCUT2D eigenvalue weighted by Gasteiger charge is -2.34. The molecule has 1 aliphatic heterocycles. The first-order chi connectivity index (χ1) is 10.4. The Labute approximate surface area is 132 Å². The molecular formula is C16H17N3S2. The molecule has 2 aromatic heterocycles. The number of aromatic nitrogens is 1. The summed E-state index contributed by atoms with van der Waals surface area (Å²) >= 11 is 3.66. The van der Waals surface area contributed by atoms with Crippen LogP contribution in [0.25, 0.3) is 10.2 Å². The maximum Gasteiger partial charge on any atom is 0.186 e. The molecule has 0 atom stereocenters. The fourth-order valence-corrected chi connectivity index (χ4v) is 4.48. The summed E-state index contributed by atoms with van der Waals surface area (Å²) in [5.41, 5.74) is 1.12. The fourth-order valence-electron chi connectivity index (χ4n) is 2.72. The molecule has 0 amide bonds. The van der Waals surface area contributed by atoms with Crippen molar-refractivity contribution in [3.05, 3.63) is 46.7 Å². The summed E-state index contributed by atoms with van der Waals surface area (Å²) in [5, 5.41) is 3.33. The fraction of sp³-hybridized carbons (Fsp3) is 0.312. The lowest BCUT2D eigenvalue weighted by atomic mass is 10.3. The highest BCUT2D eigenvalue weighted by Crippen LogP contribution is 2.29. The molecule has 3 heterocycles. The number of hydrogen-bond donors (Lipinski definition) is 0. The van der Waals surface area contributed by atoms with Crippen LogP contribution in [0.4, 0.5) is 5.13 Å². The molecule has 21 heavy (non-hydrogen) atoms. The molecule has 0 aliphatic carbocycles. The highest BCUT2D eigenvalue weighted by atomic mass is 32.1. The summed E-state index contributed by atoms with van der Waals surface area (Å²) in [6.45, 7) is 5.48. The van der Waals surface area contributed by atoms with Crippen molar-refractivity contribution >= 4 is 38.0 Å². The molecule has 1 saturated heterocycles. The second-order valence-corrected chi connectivity index (χ2v) is 7.35. The predicted molar refractivity (Wildman–Crippen MR) is 91.4 cm³/mol. The van der Waals surface area contributed by atoms with Crippen LogP contribution in [0.5, 0.6) is 0 Å². The molecule has 3 aromatic rings. The van der Waals surface area contributed by atoms with Crippen molar-refractivity contribution in [2.24, 2.45) is 0 Å². The first kappa shape index (κ1) is 13.2. The van der Waals surface area contributed by atoms with E-state index in [1.54, 1.807) is 0 Å². The van der Waals surface area contributed by atoms with Crippen molar-refractivity contribution in [1.29, 1.82) is 0 Å². The lowest BCUT2D eigenvalue weighted by Crippen LogP contribution is -2.45. The minimum absolute atomic E-state index is 1.07. The van der Waals surface area contributed by atoms with E-state index in [2.05, 4.69) is 51.6 Å². The van der Waals surface area contributed by atoms with Gasteiger partial charge in [0.05, 0.1) is 10.2 Å². The molecule has 0 bridgehead atoms. The zero-order chi connectivity index (χ0) is 14.1. The van der Waals surface area contributed by atoms with Crippen molar-refractivity contribution in [3.8, 4) is 0 Å². The molecule has 0 unspecified atom stereocenters. The number of nitrogens with zero attached hydrogens (tertiary/aromatic N) is 3. The zero-order valence-electron chi connectivity index (χ0n) is 11.7. The first-order valence-corrected chi connectivity index (χ1v) is 8.93. The van der Waals surface area contributed by atoms with Gasteiger partial charge in [0, 0.05) is 37.6 Å². The van der Waals surface area contributed by atoms with E-state index in [1.807, 2.05) is 22.7 Å². The van der Waals surface area contributed by atoms with Crippen molar-refractivity contribution in [1.82, 2.24) is 9.88 Å². The Balaban J connectivity index is 1.42. The number of piperazine rings is 1. The molecule has 1 fully saturated rings. The van der Waals surface area contributed by atoms with Gasteiger partial charge in [-0.1, -0.05) is 29.5 Å². The first-order valence-electron chi connectivity index (χ1n) is 7.24. The van der Waals surface area contributed by atoms with Gasteiger partial charge in [0.2, 0.25) is 0 Å². The molecule has 3 nitrogen and oxygen atoms in total. The van der Waals surface area contributed by atoms with Crippen LogP contribution >= 0.6 is 22.7 Å². The van der Waals surface area contributed by atoms with E-state index < -0.39 is 0 Å². The minimum atomic E-state index is 1.07. The van der Waals surface area contributed by atoms with Gasteiger partial charge < -0.3 is 4.90 Å². The summed E-state index contributed by atoms with van der Waals surface area (Å²) in [6, 6.07) is 12.8. The third-order valence-corrected chi connectivity index (χ3v) is 5.84. The van der Waals surface area contributed by atoms with Crippen molar-refractivity contribution in [2.75, 3.05) is 31.1 Å². The topological polar surface area (TPSA) is 19.4 Å². The van der Waals surface area contributed by atoms with Gasteiger partial charge in [-0.2, -0.15) is 0 Å². The van der Waals surface area contributed by atoms with E-state index >= 15 is 0 Å². The smallest absolute Gasteiger partial charge is 0.186 e. The SMILES string of the molecule is c1csc(CN2CCN(c3nc4ccccc4s3)CC2)c1. The van der Waals surface area contributed by atoms with Gasteiger partial charge in [-0.15, -0.1) is 11.3 Å². The molecule has 0 radical (unpaired) electrons. The van der Waals surface area contributed by atoms with Crippen LogP contribution in [0.15, 0.2) is 41.8 Å². The number of thiazole rings is 1.